The second-order valence-electron chi connectivity index (χ2n) is 7.02. The second-order valence-corrected chi connectivity index (χ2v) is 7.93. The molecule has 1 aromatic carbocycles. The first-order valence-electron chi connectivity index (χ1n) is 7.63. The highest BCUT2D eigenvalue weighted by atomic mass is 79.9. The molecule has 1 unspecified atom stereocenters. The van der Waals surface area contributed by atoms with Crippen LogP contribution in [0.2, 0.25) is 0 Å². The maximum atomic E-state index is 12.7. The van der Waals surface area contributed by atoms with Gasteiger partial charge in [0.1, 0.15) is 0 Å². The minimum Gasteiger partial charge on any atom is -0.398 e. The van der Waals surface area contributed by atoms with Crippen molar-refractivity contribution in [3.8, 4) is 0 Å². The molecule has 0 bridgehead atoms. The molecule has 4 heteroatoms. The Morgan fingerprint density at radius 1 is 1.29 bits per heavy atom. The number of hydrogen-bond donors (Lipinski definition) is 1. The van der Waals surface area contributed by atoms with Gasteiger partial charge >= 0.3 is 0 Å². The predicted octanol–water partition coefficient (Wildman–Crippen LogP) is 4.32. The molecule has 2 N–H and O–H groups in total. The number of hydrogen-bond acceptors (Lipinski definition) is 2. The largest absolute Gasteiger partial charge is 0.398 e. The van der Waals surface area contributed by atoms with Gasteiger partial charge in [-0.05, 0) is 48.8 Å². The van der Waals surface area contributed by atoms with Crippen LogP contribution in [0.5, 0.6) is 0 Å². The fraction of sp³-hybridized carbons (Fsp3) is 0.588. The van der Waals surface area contributed by atoms with Gasteiger partial charge in [-0.15, -0.1) is 0 Å². The topological polar surface area (TPSA) is 46.3 Å². The number of carbonyl (C=O) groups excluding carboxylic acids is 1. The van der Waals surface area contributed by atoms with E-state index in [-0.39, 0.29) is 5.91 Å². The van der Waals surface area contributed by atoms with Crippen molar-refractivity contribution in [2.75, 3.05) is 18.8 Å². The number of benzene rings is 1. The summed E-state index contributed by atoms with van der Waals surface area (Å²) >= 11 is 3.41. The zero-order valence-electron chi connectivity index (χ0n) is 13.2. The average Bonchev–Trinajstić information content (AvgIpc) is 2.66. The van der Waals surface area contributed by atoms with Gasteiger partial charge in [0.25, 0.3) is 5.91 Å². The first-order chi connectivity index (χ1) is 9.79. The van der Waals surface area contributed by atoms with Crippen molar-refractivity contribution in [1.82, 2.24) is 4.90 Å². The number of likely N-dealkylation sites (tertiary alicyclic amines) is 1. The van der Waals surface area contributed by atoms with Crippen LogP contribution in [0, 0.1) is 11.3 Å². The highest BCUT2D eigenvalue weighted by Gasteiger charge is 2.29. The zero-order chi connectivity index (χ0) is 15.6. The van der Waals surface area contributed by atoms with Gasteiger partial charge in [0.15, 0.2) is 0 Å². The Balaban J connectivity index is 2.12. The lowest BCUT2D eigenvalue weighted by Crippen LogP contribution is -2.33. The number of amides is 1. The van der Waals surface area contributed by atoms with Gasteiger partial charge in [-0.3, -0.25) is 4.79 Å². The Bertz CT molecular complexity index is 522. The SMILES string of the molecule is CC(C)(C)C1CCCN(C(=O)c2cc(Br)ccc2N)CC1. The van der Waals surface area contributed by atoms with E-state index in [0.29, 0.717) is 22.6 Å². The molecule has 0 aromatic heterocycles. The van der Waals surface area contributed by atoms with E-state index in [1.807, 2.05) is 17.0 Å². The van der Waals surface area contributed by atoms with E-state index in [0.717, 1.165) is 30.4 Å². The van der Waals surface area contributed by atoms with Crippen LogP contribution in [0.15, 0.2) is 22.7 Å². The summed E-state index contributed by atoms with van der Waals surface area (Å²) in [6, 6.07) is 5.47. The van der Waals surface area contributed by atoms with Gasteiger partial charge in [0.2, 0.25) is 0 Å². The lowest BCUT2D eigenvalue weighted by molar-refractivity contribution is 0.0756. The molecule has 1 aliphatic heterocycles. The summed E-state index contributed by atoms with van der Waals surface area (Å²) < 4.78 is 0.891. The van der Waals surface area contributed by atoms with Crippen molar-refractivity contribution in [3.63, 3.8) is 0 Å². The summed E-state index contributed by atoms with van der Waals surface area (Å²) in [4.78, 5) is 14.7. The minimum atomic E-state index is 0.0587. The number of anilines is 1. The van der Waals surface area contributed by atoms with Crippen LogP contribution < -0.4 is 5.73 Å². The molecule has 2 rings (SSSR count). The molecule has 1 fully saturated rings. The van der Waals surface area contributed by atoms with Crippen molar-refractivity contribution < 1.29 is 4.79 Å². The molecule has 0 saturated carbocycles. The van der Waals surface area contributed by atoms with Gasteiger partial charge in [-0.25, -0.2) is 0 Å². The summed E-state index contributed by atoms with van der Waals surface area (Å²) in [7, 11) is 0. The standard InChI is InChI=1S/C17H25BrN2O/c1-17(2,3)12-5-4-9-20(10-8-12)16(21)14-11-13(18)6-7-15(14)19/h6-7,11-12H,4-5,8-10,19H2,1-3H3. The Kier molecular flexibility index (Phi) is 4.97. The first-order valence-corrected chi connectivity index (χ1v) is 8.42. The van der Waals surface area contributed by atoms with Crippen molar-refractivity contribution in [2.24, 2.45) is 11.3 Å². The Morgan fingerprint density at radius 2 is 2.00 bits per heavy atom. The normalized spacial score (nSPS) is 20.2. The Morgan fingerprint density at radius 3 is 2.67 bits per heavy atom. The molecule has 0 aliphatic carbocycles. The lowest BCUT2D eigenvalue weighted by Gasteiger charge is -2.29. The number of rotatable bonds is 1. The molecule has 1 aromatic rings. The summed E-state index contributed by atoms with van der Waals surface area (Å²) in [5.41, 5.74) is 7.44. The van der Waals surface area contributed by atoms with E-state index in [4.69, 9.17) is 5.73 Å². The fourth-order valence-corrected chi connectivity index (χ4v) is 3.41. The lowest BCUT2D eigenvalue weighted by atomic mass is 9.77. The number of nitrogens with two attached hydrogens (primary N) is 1. The molecule has 116 valence electrons. The van der Waals surface area contributed by atoms with Crippen molar-refractivity contribution >= 4 is 27.5 Å². The summed E-state index contributed by atoms with van der Waals surface area (Å²) in [6.07, 6.45) is 3.34. The Hall–Kier alpha value is -1.03. The average molecular weight is 353 g/mol. The van der Waals surface area contributed by atoms with Crippen LogP contribution in [0.3, 0.4) is 0 Å². The number of nitrogen functional groups attached to an aromatic ring is 1. The van der Waals surface area contributed by atoms with Crippen molar-refractivity contribution in [3.05, 3.63) is 28.2 Å². The molecule has 1 amide bonds. The quantitative estimate of drug-likeness (QED) is 0.765. The smallest absolute Gasteiger partial charge is 0.255 e. The van der Waals surface area contributed by atoms with E-state index in [9.17, 15) is 4.79 Å². The van der Waals surface area contributed by atoms with E-state index in [1.54, 1.807) is 6.07 Å². The molecule has 21 heavy (non-hydrogen) atoms. The molecule has 0 radical (unpaired) electrons. The van der Waals surface area contributed by atoms with Crippen LogP contribution in [0.1, 0.15) is 50.4 Å². The molecule has 0 spiro atoms. The molecule has 1 atom stereocenters. The van der Waals surface area contributed by atoms with Gasteiger partial charge in [0, 0.05) is 23.2 Å². The van der Waals surface area contributed by atoms with E-state index >= 15 is 0 Å². The van der Waals surface area contributed by atoms with Gasteiger partial charge in [-0.1, -0.05) is 36.7 Å². The highest BCUT2D eigenvalue weighted by molar-refractivity contribution is 9.10. The molecule has 3 nitrogen and oxygen atoms in total. The van der Waals surface area contributed by atoms with Crippen LogP contribution in [-0.2, 0) is 0 Å². The van der Waals surface area contributed by atoms with Crippen LogP contribution in [-0.4, -0.2) is 23.9 Å². The Labute approximate surface area is 136 Å². The van der Waals surface area contributed by atoms with E-state index in [1.165, 1.54) is 6.42 Å². The maximum Gasteiger partial charge on any atom is 0.255 e. The number of nitrogens with zero attached hydrogens (tertiary/aromatic N) is 1. The summed E-state index contributed by atoms with van der Waals surface area (Å²) in [6.45, 7) is 8.54. The third kappa shape index (κ3) is 4.00. The summed E-state index contributed by atoms with van der Waals surface area (Å²) in [5.74, 6) is 0.735. The molecule has 1 saturated heterocycles. The number of carbonyl (C=O) groups is 1. The second kappa shape index (κ2) is 6.39. The molecule has 1 aliphatic rings. The molecular weight excluding hydrogens is 328 g/mol. The predicted molar refractivity (Wildman–Crippen MR) is 91.3 cm³/mol. The van der Waals surface area contributed by atoms with Crippen molar-refractivity contribution in [1.29, 1.82) is 0 Å². The van der Waals surface area contributed by atoms with Crippen LogP contribution in [0.4, 0.5) is 5.69 Å². The molecule has 1 heterocycles. The first kappa shape index (κ1) is 16.3. The van der Waals surface area contributed by atoms with E-state index < -0.39 is 0 Å². The van der Waals surface area contributed by atoms with Gasteiger partial charge in [-0.2, -0.15) is 0 Å². The van der Waals surface area contributed by atoms with Crippen LogP contribution >= 0.6 is 15.9 Å². The van der Waals surface area contributed by atoms with Gasteiger partial charge < -0.3 is 10.6 Å². The van der Waals surface area contributed by atoms with Crippen LogP contribution in [0.25, 0.3) is 0 Å². The van der Waals surface area contributed by atoms with Gasteiger partial charge in [0.05, 0.1) is 5.56 Å². The zero-order valence-corrected chi connectivity index (χ0v) is 14.7. The van der Waals surface area contributed by atoms with Crippen molar-refractivity contribution in [2.45, 2.75) is 40.0 Å². The summed E-state index contributed by atoms with van der Waals surface area (Å²) in [5, 5.41) is 0. The third-order valence-corrected chi connectivity index (χ3v) is 4.98. The molecular formula is C17H25BrN2O. The highest BCUT2D eigenvalue weighted by Crippen LogP contribution is 2.34. The minimum absolute atomic E-state index is 0.0587. The van der Waals surface area contributed by atoms with E-state index in [2.05, 4.69) is 36.7 Å². The fourth-order valence-electron chi connectivity index (χ4n) is 3.05. The monoisotopic (exact) mass is 352 g/mol. The maximum absolute atomic E-state index is 12.7. The number of halogens is 1. The third-order valence-electron chi connectivity index (χ3n) is 4.49.